The first-order valence-electron chi connectivity index (χ1n) is 15.3. The van der Waals surface area contributed by atoms with Crippen LogP contribution in [0.4, 0.5) is 0 Å². The van der Waals surface area contributed by atoms with Crippen molar-refractivity contribution in [2.75, 3.05) is 7.11 Å². The Kier molecular flexibility index (Phi) is 6.98. The lowest BCUT2D eigenvalue weighted by molar-refractivity contribution is -0.218. The molecule has 6 heteroatoms. The van der Waals surface area contributed by atoms with E-state index in [0.717, 1.165) is 12.0 Å². The summed E-state index contributed by atoms with van der Waals surface area (Å²) in [6, 6.07) is 0. The van der Waals surface area contributed by atoms with Gasteiger partial charge in [-0.05, 0) is 72.5 Å². The molecule has 1 aliphatic heterocycles. The summed E-state index contributed by atoms with van der Waals surface area (Å²) < 4.78 is 17.9. The zero-order chi connectivity index (χ0) is 28.6. The van der Waals surface area contributed by atoms with Crippen molar-refractivity contribution in [3.05, 3.63) is 23.3 Å². The number of allylic oxidation sites excluding steroid dienone is 1. The van der Waals surface area contributed by atoms with Crippen LogP contribution in [0.2, 0.25) is 0 Å². The molecule has 0 aromatic carbocycles. The lowest BCUT2D eigenvalue weighted by Gasteiger charge is -2.69. The summed E-state index contributed by atoms with van der Waals surface area (Å²) in [5, 5.41) is 10.2. The van der Waals surface area contributed by atoms with Gasteiger partial charge < -0.3 is 19.3 Å². The highest BCUT2D eigenvalue weighted by Crippen LogP contribution is 2.73. The van der Waals surface area contributed by atoms with Crippen molar-refractivity contribution >= 4 is 11.9 Å². The number of fused-ring (bicyclic) bond motifs is 6. The number of ether oxygens (including phenoxy) is 3. The van der Waals surface area contributed by atoms with Crippen LogP contribution in [-0.4, -0.2) is 42.1 Å². The molecule has 218 valence electrons. The maximum absolute atomic E-state index is 13.6. The van der Waals surface area contributed by atoms with Crippen LogP contribution < -0.4 is 0 Å². The minimum atomic E-state index is -1.16. The van der Waals surface area contributed by atoms with Crippen molar-refractivity contribution in [3.63, 3.8) is 0 Å². The Morgan fingerprint density at radius 2 is 1.82 bits per heavy atom. The average molecular weight is 543 g/mol. The van der Waals surface area contributed by atoms with Gasteiger partial charge in [0.15, 0.2) is 0 Å². The summed E-state index contributed by atoms with van der Waals surface area (Å²) in [6.07, 6.45) is 11.4. The Morgan fingerprint density at radius 1 is 1.10 bits per heavy atom. The molecule has 0 amide bonds. The fourth-order valence-electron chi connectivity index (χ4n) is 10.3. The molecule has 0 radical (unpaired) electrons. The number of aliphatic hydroxyl groups excluding tert-OH is 1. The highest BCUT2D eigenvalue weighted by atomic mass is 16.7. The fraction of sp³-hybridized carbons (Fsp3) is 0.818. The van der Waals surface area contributed by atoms with E-state index >= 15 is 0 Å². The van der Waals surface area contributed by atoms with Crippen molar-refractivity contribution in [2.24, 2.45) is 39.4 Å². The van der Waals surface area contributed by atoms with Gasteiger partial charge in [-0.2, -0.15) is 0 Å². The Balaban J connectivity index is 1.63. The number of rotatable bonds is 6. The Morgan fingerprint density at radius 3 is 2.46 bits per heavy atom. The summed E-state index contributed by atoms with van der Waals surface area (Å²) in [6.45, 7) is 15.5. The van der Waals surface area contributed by atoms with E-state index in [9.17, 15) is 14.7 Å². The van der Waals surface area contributed by atoms with Crippen LogP contribution in [0.1, 0.15) is 106 Å². The molecule has 0 aromatic heterocycles. The highest BCUT2D eigenvalue weighted by molar-refractivity contribution is 5.96. The van der Waals surface area contributed by atoms with Crippen molar-refractivity contribution in [2.45, 2.75) is 124 Å². The van der Waals surface area contributed by atoms with E-state index in [4.69, 9.17) is 14.2 Å². The van der Waals surface area contributed by atoms with Crippen LogP contribution in [0, 0.1) is 39.4 Å². The largest absolute Gasteiger partial charge is 0.461 e. The first-order chi connectivity index (χ1) is 18.2. The molecule has 5 aliphatic rings. The number of esters is 2. The normalized spacial score (nSPS) is 47.5. The van der Waals surface area contributed by atoms with E-state index in [1.807, 2.05) is 6.92 Å². The summed E-state index contributed by atoms with van der Waals surface area (Å²) >= 11 is 0. The quantitative estimate of drug-likeness (QED) is 0.385. The molecule has 0 bridgehead atoms. The first-order valence-corrected chi connectivity index (χ1v) is 15.3. The predicted molar refractivity (Wildman–Crippen MR) is 149 cm³/mol. The van der Waals surface area contributed by atoms with E-state index in [2.05, 4.69) is 46.8 Å². The molecule has 1 N–H and O–H groups in total. The first kappa shape index (κ1) is 28.9. The molecule has 1 heterocycles. The second kappa shape index (κ2) is 9.44. The maximum Gasteiger partial charge on any atom is 0.338 e. The van der Waals surface area contributed by atoms with Gasteiger partial charge in [-0.3, -0.25) is 4.79 Å². The van der Waals surface area contributed by atoms with Crippen LogP contribution >= 0.6 is 0 Å². The number of carbonyl (C=O) groups is 2. The number of carbonyl (C=O) groups excluding carboxylic acids is 2. The lowest BCUT2D eigenvalue weighted by Crippen LogP contribution is -2.65. The van der Waals surface area contributed by atoms with Gasteiger partial charge in [0.2, 0.25) is 5.79 Å². The van der Waals surface area contributed by atoms with E-state index in [1.165, 1.54) is 32.1 Å². The van der Waals surface area contributed by atoms with E-state index in [1.54, 1.807) is 14.0 Å². The maximum atomic E-state index is 13.6. The topological polar surface area (TPSA) is 82.1 Å². The van der Waals surface area contributed by atoms with Gasteiger partial charge in [0.1, 0.15) is 6.10 Å². The number of hydrogen-bond acceptors (Lipinski definition) is 6. The molecular weight excluding hydrogens is 492 g/mol. The summed E-state index contributed by atoms with van der Waals surface area (Å²) in [7, 11) is 1.56. The molecule has 3 fully saturated rings. The summed E-state index contributed by atoms with van der Waals surface area (Å²) in [5.74, 6) is -0.942. The third-order valence-electron chi connectivity index (χ3n) is 12.7. The molecule has 0 spiro atoms. The van der Waals surface area contributed by atoms with Gasteiger partial charge >= 0.3 is 11.9 Å². The number of aliphatic hydroxyl groups is 1. The van der Waals surface area contributed by atoms with Crippen molar-refractivity contribution < 1.29 is 28.9 Å². The zero-order valence-corrected chi connectivity index (χ0v) is 25.4. The molecule has 6 nitrogen and oxygen atoms in total. The zero-order valence-electron chi connectivity index (χ0n) is 25.4. The molecule has 5 rings (SSSR count). The van der Waals surface area contributed by atoms with Gasteiger partial charge in [0.05, 0.1) is 18.1 Å². The number of cyclic esters (lactones) is 1. The molecule has 10 atom stereocenters. The van der Waals surface area contributed by atoms with E-state index in [0.29, 0.717) is 35.7 Å². The van der Waals surface area contributed by atoms with Crippen molar-refractivity contribution in [1.82, 2.24) is 0 Å². The molecule has 3 saturated carbocycles. The van der Waals surface area contributed by atoms with Crippen LogP contribution in [0.5, 0.6) is 0 Å². The lowest BCUT2D eigenvalue weighted by atomic mass is 9.35. The second-order valence-corrected chi connectivity index (χ2v) is 14.4. The number of hydrogen-bond donors (Lipinski definition) is 1. The molecular formula is C33H50O6. The van der Waals surface area contributed by atoms with Gasteiger partial charge in [-0.1, -0.05) is 66.5 Å². The van der Waals surface area contributed by atoms with Gasteiger partial charge in [-0.15, -0.1) is 0 Å². The fourth-order valence-corrected chi connectivity index (χ4v) is 10.3. The minimum absolute atomic E-state index is 0.00994. The minimum Gasteiger partial charge on any atom is -0.461 e. The van der Waals surface area contributed by atoms with E-state index in [-0.39, 0.29) is 29.1 Å². The SMILES string of the molecule is CCC(O)CC(=O)O[C@@H]1C[C@@H]2[C@@]3(C)CCC[C@](C)(CC)[C@@H]3CC[C@@]2(C)[C@@H]2C=CC3=C(C(=O)O[C@@]3(C)OC)[C@@]12C. The highest BCUT2D eigenvalue weighted by Gasteiger charge is 2.70. The average Bonchev–Trinajstić information content (AvgIpc) is 3.15. The third-order valence-corrected chi connectivity index (χ3v) is 12.7. The molecule has 39 heavy (non-hydrogen) atoms. The molecule has 0 aromatic rings. The van der Waals surface area contributed by atoms with Crippen molar-refractivity contribution in [3.8, 4) is 0 Å². The Hall–Kier alpha value is -1.66. The van der Waals surface area contributed by atoms with Crippen LogP contribution in [0.15, 0.2) is 23.3 Å². The predicted octanol–water partition coefficient (Wildman–Crippen LogP) is 6.51. The monoisotopic (exact) mass is 542 g/mol. The van der Waals surface area contributed by atoms with Crippen LogP contribution in [0.3, 0.4) is 0 Å². The summed E-state index contributed by atoms with van der Waals surface area (Å²) in [4.78, 5) is 26.9. The van der Waals surface area contributed by atoms with E-state index < -0.39 is 29.4 Å². The standard InChI is InChI=1S/C33H50O6/c1-9-20(34)18-26(35)38-25-19-24-30(4)16-11-15-29(3,10-2)22(30)14-17-31(24,5)23-13-12-21-27(32(23,25)6)28(36)39-33(21,7)37-8/h12-13,20,22-25,34H,9-11,14-19H2,1-8H3/t20?,22-,23-,24+,25+,29-,30-,31-,32+,33+/m0/s1. The van der Waals surface area contributed by atoms with Crippen LogP contribution in [-0.2, 0) is 23.8 Å². The molecule has 4 aliphatic carbocycles. The third kappa shape index (κ3) is 3.94. The molecule has 1 unspecified atom stereocenters. The van der Waals surface area contributed by atoms with Gasteiger partial charge in [-0.25, -0.2) is 4.79 Å². The van der Waals surface area contributed by atoms with Crippen LogP contribution in [0.25, 0.3) is 0 Å². The van der Waals surface area contributed by atoms with Crippen molar-refractivity contribution in [1.29, 1.82) is 0 Å². The molecule has 0 saturated heterocycles. The Labute approximate surface area is 234 Å². The number of methoxy groups -OCH3 is 1. The van der Waals surface area contributed by atoms with Gasteiger partial charge in [0.25, 0.3) is 0 Å². The summed E-state index contributed by atoms with van der Waals surface area (Å²) in [5.41, 5.74) is 0.981. The Bertz CT molecular complexity index is 1090. The van der Waals surface area contributed by atoms with Gasteiger partial charge in [0, 0.05) is 25.0 Å². The smallest absolute Gasteiger partial charge is 0.338 e. The second-order valence-electron chi connectivity index (χ2n) is 14.4.